The van der Waals surface area contributed by atoms with E-state index in [0.29, 0.717) is 12.4 Å². The van der Waals surface area contributed by atoms with Crippen LogP contribution >= 0.6 is 0 Å². The highest BCUT2D eigenvalue weighted by Crippen LogP contribution is 2.25. The molecule has 1 amide bonds. The summed E-state index contributed by atoms with van der Waals surface area (Å²) in [5.74, 6) is 1.41. The molecule has 0 spiro atoms. The SMILES string of the molecule is Cc1nc2c(N3CCC[C@@H](NC(=O)OC(C)(C)C)C3)nccn2c1N. The molecule has 136 valence electrons. The fourth-order valence-electron chi connectivity index (χ4n) is 3.08. The van der Waals surface area contributed by atoms with Gasteiger partial charge in [-0.3, -0.25) is 4.40 Å². The molecule has 25 heavy (non-hydrogen) atoms. The van der Waals surface area contributed by atoms with Gasteiger partial charge in [-0.15, -0.1) is 0 Å². The number of hydrogen-bond donors (Lipinski definition) is 2. The number of nitrogens with zero attached hydrogens (tertiary/aromatic N) is 4. The van der Waals surface area contributed by atoms with Crippen molar-refractivity contribution in [2.24, 2.45) is 0 Å². The summed E-state index contributed by atoms with van der Waals surface area (Å²) >= 11 is 0. The van der Waals surface area contributed by atoms with Crippen molar-refractivity contribution in [1.82, 2.24) is 19.7 Å². The van der Waals surface area contributed by atoms with Crippen LogP contribution in [0.2, 0.25) is 0 Å². The zero-order valence-electron chi connectivity index (χ0n) is 15.2. The first-order valence-electron chi connectivity index (χ1n) is 8.58. The van der Waals surface area contributed by atoms with Crippen LogP contribution in [0.4, 0.5) is 16.4 Å². The molecule has 0 saturated carbocycles. The van der Waals surface area contributed by atoms with Crippen molar-refractivity contribution in [1.29, 1.82) is 0 Å². The molecule has 2 aromatic heterocycles. The molecule has 0 unspecified atom stereocenters. The average Bonchev–Trinajstić information content (AvgIpc) is 2.81. The zero-order chi connectivity index (χ0) is 18.2. The number of imidazole rings is 1. The lowest BCUT2D eigenvalue weighted by molar-refractivity contribution is 0.0500. The number of carbonyl (C=O) groups excluding carboxylic acids is 1. The number of nitrogens with two attached hydrogens (primary N) is 1. The lowest BCUT2D eigenvalue weighted by Crippen LogP contribution is -2.49. The Morgan fingerprint density at radius 1 is 1.44 bits per heavy atom. The molecular formula is C17H26N6O2. The minimum atomic E-state index is -0.503. The predicted molar refractivity (Wildman–Crippen MR) is 96.7 cm³/mol. The normalized spacial score (nSPS) is 18.4. The van der Waals surface area contributed by atoms with Crippen LogP contribution in [-0.4, -0.2) is 45.2 Å². The minimum Gasteiger partial charge on any atom is -0.444 e. The lowest BCUT2D eigenvalue weighted by Gasteiger charge is -2.34. The molecule has 2 aromatic rings. The van der Waals surface area contributed by atoms with Gasteiger partial charge in [0.25, 0.3) is 0 Å². The van der Waals surface area contributed by atoms with Crippen molar-refractivity contribution in [3.05, 3.63) is 18.1 Å². The molecule has 1 aliphatic heterocycles. The average molecular weight is 346 g/mol. The molecule has 0 aromatic carbocycles. The van der Waals surface area contributed by atoms with E-state index in [9.17, 15) is 4.79 Å². The smallest absolute Gasteiger partial charge is 0.407 e. The van der Waals surface area contributed by atoms with Gasteiger partial charge in [-0.05, 0) is 40.5 Å². The van der Waals surface area contributed by atoms with Crippen molar-refractivity contribution >= 4 is 23.4 Å². The number of anilines is 2. The molecule has 1 atom stereocenters. The van der Waals surface area contributed by atoms with Crippen molar-refractivity contribution in [3.8, 4) is 0 Å². The van der Waals surface area contributed by atoms with Crippen LogP contribution in [0.5, 0.6) is 0 Å². The highest BCUT2D eigenvalue weighted by molar-refractivity contribution is 5.70. The summed E-state index contributed by atoms with van der Waals surface area (Å²) in [7, 11) is 0. The maximum Gasteiger partial charge on any atom is 0.407 e. The number of aromatic nitrogens is 3. The van der Waals surface area contributed by atoms with Crippen LogP contribution < -0.4 is 16.0 Å². The fourth-order valence-corrected chi connectivity index (χ4v) is 3.08. The van der Waals surface area contributed by atoms with E-state index in [1.807, 2.05) is 38.3 Å². The van der Waals surface area contributed by atoms with E-state index in [2.05, 4.69) is 20.2 Å². The molecule has 3 N–H and O–H groups in total. The maximum absolute atomic E-state index is 12.0. The van der Waals surface area contributed by atoms with E-state index in [-0.39, 0.29) is 12.1 Å². The van der Waals surface area contributed by atoms with Crippen molar-refractivity contribution in [2.75, 3.05) is 23.7 Å². The first-order chi connectivity index (χ1) is 11.7. The molecule has 8 heteroatoms. The predicted octanol–water partition coefficient (Wildman–Crippen LogP) is 2.11. The number of amides is 1. The van der Waals surface area contributed by atoms with Gasteiger partial charge in [-0.1, -0.05) is 0 Å². The van der Waals surface area contributed by atoms with Gasteiger partial charge in [0.1, 0.15) is 11.4 Å². The Hall–Kier alpha value is -2.51. The third-order valence-corrected chi connectivity index (χ3v) is 4.19. The third-order valence-electron chi connectivity index (χ3n) is 4.19. The summed E-state index contributed by atoms with van der Waals surface area (Å²) < 4.78 is 7.20. The first kappa shape index (κ1) is 17.3. The number of carbonyl (C=O) groups is 1. The highest BCUT2D eigenvalue weighted by atomic mass is 16.6. The Morgan fingerprint density at radius 2 is 2.20 bits per heavy atom. The fraction of sp³-hybridized carbons (Fsp3) is 0.588. The second-order valence-corrected chi connectivity index (χ2v) is 7.46. The summed E-state index contributed by atoms with van der Waals surface area (Å²) in [4.78, 5) is 23.2. The van der Waals surface area contributed by atoms with E-state index in [1.54, 1.807) is 6.20 Å². The number of nitrogens with one attached hydrogen (secondary N) is 1. The number of fused-ring (bicyclic) bond motifs is 1. The Bertz CT molecular complexity index is 779. The molecule has 1 aliphatic rings. The number of hydrogen-bond acceptors (Lipinski definition) is 6. The largest absolute Gasteiger partial charge is 0.444 e. The van der Waals surface area contributed by atoms with Gasteiger partial charge in [0, 0.05) is 31.5 Å². The quantitative estimate of drug-likeness (QED) is 0.864. The van der Waals surface area contributed by atoms with Gasteiger partial charge in [-0.25, -0.2) is 14.8 Å². The van der Waals surface area contributed by atoms with Crippen molar-refractivity contribution in [2.45, 2.75) is 52.2 Å². The lowest BCUT2D eigenvalue weighted by atomic mass is 10.1. The molecule has 0 aliphatic carbocycles. The standard InChI is InChI=1S/C17H26N6O2/c1-11-13(18)23-9-7-19-14(15(23)20-11)22-8-5-6-12(10-22)21-16(24)25-17(2,3)4/h7,9,12H,5-6,8,10,18H2,1-4H3,(H,21,24)/t12-/m1/s1. The summed E-state index contributed by atoms with van der Waals surface area (Å²) in [5, 5.41) is 2.96. The molecule has 0 bridgehead atoms. The maximum atomic E-state index is 12.0. The number of alkyl carbamates (subject to hydrolysis) is 1. The second-order valence-electron chi connectivity index (χ2n) is 7.46. The summed E-state index contributed by atoms with van der Waals surface area (Å²) in [6, 6.07) is 0.0130. The topological polar surface area (TPSA) is 97.8 Å². The summed E-state index contributed by atoms with van der Waals surface area (Å²) in [5.41, 5.74) is 7.10. The van der Waals surface area contributed by atoms with E-state index in [4.69, 9.17) is 10.5 Å². The van der Waals surface area contributed by atoms with Crippen LogP contribution in [0.1, 0.15) is 39.3 Å². The highest BCUT2D eigenvalue weighted by Gasteiger charge is 2.26. The van der Waals surface area contributed by atoms with E-state index >= 15 is 0 Å². The Kier molecular flexibility index (Phi) is 4.45. The molecule has 1 saturated heterocycles. The molecule has 3 rings (SSSR count). The van der Waals surface area contributed by atoms with E-state index < -0.39 is 5.60 Å². The third kappa shape index (κ3) is 3.78. The van der Waals surface area contributed by atoms with Gasteiger partial charge in [0.05, 0.1) is 5.69 Å². The molecule has 3 heterocycles. The monoisotopic (exact) mass is 346 g/mol. The Labute approximate surface area is 147 Å². The summed E-state index contributed by atoms with van der Waals surface area (Å²) in [6.45, 7) is 8.98. The number of rotatable bonds is 2. The molecule has 1 fully saturated rings. The molecular weight excluding hydrogens is 320 g/mol. The number of piperidine rings is 1. The Balaban J connectivity index is 1.76. The van der Waals surface area contributed by atoms with Crippen LogP contribution in [0, 0.1) is 6.92 Å². The number of ether oxygens (including phenoxy) is 1. The van der Waals surface area contributed by atoms with Crippen LogP contribution in [0.3, 0.4) is 0 Å². The van der Waals surface area contributed by atoms with E-state index in [0.717, 1.165) is 36.5 Å². The molecule has 8 nitrogen and oxygen atoms in total. The minimum absolute atomic E-state index is 0.0130. The Morgan fingerprint density at radius 3 is 2.92 bits per heavy atom. The van der Waals surface area contributed by atoms with Gasteiger partial charge in [-0.2, -0.15) is 0 Å². The number of aryl methyl sites for hydroxylation is 1. The van der Waals surface area contributed by atoms with Gasteiger partial charge >= 0.3 is 6.09 Å². The second kappa shape index (κ2) is 6.42. The van der Waals surface area contributed by atoms with Crippen LogP contribution in [0.25, 0.3) is 5.65 Å². The zero-order valence-corrected chi connectivity index (χ0v) is 15.2. The van der Waals surface area contributed by atoms with Gasteiger partial charge in [0.15, 0.2) is 11.5 Å². The van der Waals surface area contributed by atoms with Crippen LogP contribution in [-0.2, 0) is 4.74 Å². The molecule has 0 radical (unpaired) electrons. The first-order valence-corrected chi connectivity index (χ1v) is 8.58. The van der Waals surface area contributed by atoms with Gasteiger partial charge in [0.2, 0.25) is 0 Å². The number of nitrogen functional groups attached to an aromatic ring is 1. The van der Waals surface area contributed by atoms with E-state index in [1.165, 1.54) is 0 Å². The van der Waals surface area contributed by atoms with Crippen LogP contribution in [0.15, 0.2) is 12.4 Å². The van der Waals surface area contributed by atoms with Crippen molar-refractivity contribution in [3.63, 3.8) is 0 Å². The van der Waals surface area contributed by atoms with Gasteiger partial charge < -0.3 is 20.7 Å². The van der Waals surface area contributed by atoms with Crippen molar-refractivity contribution < 1.29 is 9.53 Å². The summed E-state index contributed by atoms with van der Waals surface area (Å²) in [6.07, 6.45) is 5.03.